The quantitative estimate of drug-likeness (QED) is 0.474. The highest BCUT2D eigenvalue weighted by Gasteiger charge is 2.58. The number of aromatic nitrogens is 1. The van der Waals surface area contributed by atoms with Crippen molar-refractivity contribution in [2.75, 3.05) is 0 Å². The maximum atomic E-state index is 9.31. The molecule has 0 radical (unpaired) electrons. The van der Waals surface area contributed by atoms with Crippen LogP contribution >= 0.6 is 0 Å². The fourth-order valence-electron chi connectivity index (χ4n) is 7.61. The number of nitrogens with zero attached hydrogens (tertiary/aromatic N) is 2. The second-order valence-corrected chi connectivity index (χ2v) is 10.2. The van der Waals surface area contributed by atoms with Crippen LogP contribution in [0, 0.1) is 34.5 Å². The van der Waals surface area contributed by atoms with Crippen molar-refractivity contribution in [1.29, 1.82) is 0 Å². The van der Waals surface area contributed by atoms with E-state index in [1.807, 2.05) is 12.4 Å². The van der Waals surface area contributed by atoms with Gasteiger partial charge in [-0.15, -0.1) is 0 Å². The smallest absolute Gasteiger partial charge is 0.0795 e. The Morgan fingerprint density at radius 2 is 2.04 bits per heavy atom. The van der Waals surface area contributed by atoms with E-state index in [1.165, 1.54) is 31.2 Å². The highest BCUT2D eigenvalue weighted by atomic mass is 16.4. The van der Waals surface area contributed by atoms with Gasteiger partial charge < -0.3 is 5.21 Å². The normalized spacial score (nSPS) is 43.6. The molecule has 1 aromatic heterocycles. The molecular weight excluding hydrogens is 344 g/mol. The van der Waals surface area contributed by atoms with Crippen LogP contribution in [0.3, 0.4) is 0 Å². The highest BCUT2D eigenvalue weighted by Crippen LogP contribution is 2.67. The van der Waals surface area contributed by atoms with E-state index in [0.717, 1.165) is 36.3 Å². The van der Waals surface area contributed by atoms with Gasteiger partial charge in [0.15, 0.2) is 0 Å². The predicted octanol–water partition coefficient (Wildman–Crippen LogP) is 6.11. The molecule has 2 unspecified atom stereocenters. The number of fused-ring (bicyclic) bond motifs is 5. The maximum absolute atomic E-state index is 9.31. The van der Waals surface area contributed by atoms with Crippen LogP contribution in [0.5, 0.6) is 0 Å². The molecule has 3 nitrogen and oxygen atoms in total. The first-order chi connectivity index (χ1) is 13.5. The molecule has 0 spiro atoms. The van der Waals surface area contributed by atoms with E-state index in [-0.39, 0.29) is 10.8 Å². The van der Waals surface area contributed by atoms with Gasteiger partial charge in [0.1, 0.15) is 0 Å². The summed E-state index contributed by atoms with van der Waals surface area (Å²) in [7, 11) is 0. The summed E-state index contributed by atoms with van der Waals surface area (Å²) in [5.41, 5.74) is 5.85. The molecule has 4 aliphatic rings. The van der Waals surface area contributed by atoms with Gasteiger partial charge in [0, 0.05) is 12.4 Å². The zero-order chi connectivity index (χ0) is 19.5. The summed E-state index contributed by atoms with van der Waals surface area (Å²) >= 11 is 0. The predicted molar refractivity (Wildman–Crippen MR) is 113 cm³/mol. The van der Waals surface area contributed by atoms with Crippen molar-refractivity contribution in [3.05, 3.63) is 47.8 Å². The van der Waals surface area contributed by atoms with Crippen LogP contribution in [-0.4, -0.2) is 15.9 Å². The minimum atomic E-state index is 0.273. The Morgan fingerprint density at radius 1 is 1.18 bits per heavy atom. The molecule has 1 heterocycles. The van der Waals surface area contributed by atoms with E-state index >= 15 is 0 Å². The first kappa shape index (κ1) is 18.1. The van der Waals surface area contributed by atoms with Crippen molar-refractivity contribution in [2.45, 2.75) is 59.3 Å². The lowest BCUT2D eigenvalue weighted by Gasteiger charge is -2.59. The van der Waals surface area contributed by atoms with Gasteiger partial charge in [0.05, 0.1) is 5.71 Å². The van der Waals surface area contributed by atoms with Crippen molar-refractivity contribution >= 4 is 11.3 Å². The summed E-state index contributed by atoms with van der Waals surface area (Å²) in [6.07, 6.45) is 15.8. The topological polar surface area (TPSA) is 45.5 Å². The maximum Gasteiger partial charge on any atom is 0.0795 e. The van der Waals surface area contributed by atoms with Gasteiger partial charge in [0.2, 0.25) is 0 Å². The molecule has 28 heavy (non-hydrogen) atoms. The molecule has 6 atom stereocenters. The molecule has 0 amide bonds. The van der Waals surface area contributed by atoms with E-state index < -0.39 is 0 Å². The van der Waals surface area contributed by atoms with Crippen molar-refractivity contribution < 1.29 is 5.21 Å². The molecule has 2 saturated carbocycles. The average molecular weight is 377 g/mol. The fraction of sp³-hybridized carbons (Fsp3) is 0.600. The molecule has 0 aliphatic heterocycles. The Kier molecular flexibility index (Phi) is 4.08. The Balaban J connectivity index is 1.50. The lowest BCUT2D eigenvalue weighted by Crippen LogP contribution is -2.51. The van der Waals surface area contributed by atoms with Crippen LogP contribution in [-0.2, 0) is 0 Å². The van der Waals surface area contributed by atoms with Crippen LogP contribution in [0.1, 0.15) is 64.9 Å². The standard InChI is InChI=1S/C25H32N2O/c1-16-13-19-21-7-6-20(17-5-4-12-26-15-17)24(21,2)11-9-22(19)25(3)10-8-18(27-28)14-23(16)25/h4-6,12,14-16,19,21-22,28H,7-11,13H2,1-3H3/b27-18+/t16?,19-,21-,22?,24+,25+/m0/s1. The largest absolute Gasteiger partial charge is 0.411 e. The third-order valence-electron chi connectivity index (χ3n) is 8.98. The molecule has 0 bridgehead atoms. The van der Waals surface area contributed by atoms with Gasteiger partial charge in [-0.3, -0.25) is 4.98 Å². The van der Waals surface area contributed by atoms with Crippen LogP contribution < -0.4 is 0 Å². The van der Waals surface area contributed by atoms with E-state index in [4.69, 9.17) is 0 Å². The Bertz CT molecular complexity index is 870. The Labute approximate surface area is 168 Å². The summed E-state index contributed by atoms with van der Waals surface area (Å²) in [5.74, 6) is 2.87. The number of hydrogen-bond donors (Lipinski definition) is 1. The summed E-state index contributed by atoms with van der Waals surface area (Å²) in [5, 5.41) is 12.9. The van der Waals surface area contributed by atoms with E-state index in [9.17, 15) is 5.21 Å². The molecule has 1 aromatic rings. The lowest BCUT2D eigenvalue weighted by molar-refractivity contribution is -0.0319. The molecule has 2 fully saturated rings. The van der Waals surface area contributed by atoms with E-state index in [0.29, 0.717) is 5.92 Å². The third kappa shape index (κ3) is 2.41. The van der Waals surface area contributed by atoms with Crippen molar-refractivity contribution in [2.24, 2.45) is 39.7 Å². The van der Waals surface area contributed by atoms with Gasteiger partial charge in [-0.2, -0.15) is 0 Å². The summed E-state index contributed by atoms with van der Waals surface area (Å²) in [6, 6.07) is 4.31. The van der Waals surface area contributed by atoms with Crippen LogP contribution in [0.25, 0.3) is 5.57 Å². The molecule has 1 N–H and O–H groups in total. The number of oxime groups is 1. The van der Waals surface area contributed by atoms with E-state index in [1.54, 1.807) is 11.1 Å². The number of hydrogen-bond acceptors (Lipinski definition) is 3. The molecule has 3 heteroatoms. The molecule has 0 aromatic carbocycles. The average Bonchev–Trinajstić information content (AvgIpc) is 3.06. The van der Waals surface area contributed by atoms with E-state index in [2.05, 4.69) is 55.2 Å². The Hall–Kier alpha value is -1.90. The molecule has 4 aliphatic carbocycles. The molecule has 0 saturated heterocycles. The SMILES string of the molecule is CC1C[C@@H]2C(CC[C@]3(C)C(c4cccnc4)=CC[C@@H]23)[C@@]2(C)CC/C(=N\O)C=C12. The second-order valence-electron chi connectivity index (χ2n) is 10.2. The third-order valence-corrected chi connectivity index (χ3v) is 8.98. The van der Waals surface area contributed by atoms with Crippen molar-refractivity contribution in [1.82, 2.24) is 4.98 Å². The molecule has 148 valence electrons. The van der Waals surface area contributed by atoms with Gasteiger partial charge in [-0.1, -0.05) is 43.6 Å². The zero-order valence-electron chi connectivity index (χ0n) is 17.4. The summed E-state index contributed by atoms with van der Waals surface area (Å²) < 4.78 is 0. The summed E-state index contributed by atoms with van der Waals surface area (Å²) in [6.45, 7) is 7.43. The van der Waals surface area contributed by atoms with Crippen molar-refractivity contribution in [3.63, 3.8) is 0 Å². The first-order valence-electron chi connectivity index (χ1n) is 11.0. The monoisotopic (exact) mass is 376 g/mol. The highest BCUT2D eigenvalue weighted by molar-refractivity contribution is 5.96. The van der Waals surface area contributed by atoms with Crippen LogP contribution in [0.4, 0.5) is 0 Å². The first-order valence-corrected chi connectivity index (χ1v) is 11.0. The van der Waals surface area contributed by atoms with Gasteiger partial charge in [-0.25, -0.2) is 0 Å². The molecule has 5 rings (SSSR count). The summed E-state index contributed by atoms with van der Waals surface area (Å²) in [4.78, 5) is 4.39. The number of allylic oxidation sites excluding steroid dienone is 4. The van der Waals surface area contributed by atoms with Gasteiger partial charge in [-0.05, 0) is 96.3 Å². The second kappa shape index (κ2) is 6.30. The van der Waals surface area contributed by atoms with Crippen LogP contribution in [0.2, 0.25) is 0 Å². The molecular formula is C25H32N2O. The van der Waals surface area contributed by atoms with Gasteiger partial charge >= 0.3 is 0 Å². The van der Waals surface area contributed by atoms with Gasteiger partial charge in [0.25, 0.3) is 0 Å². The van der Waals surface area contributed by atoms with Crippen molar-refractivity contribution in [3.8, 4) is 0 Å². The number of pyridine rings is 1. The lowest BCUT2D eigenvalue weighted by atomic mass is 9.45. The number of rotatable bonds is 1. The minimum Gasteiger partial charge on any atom is -0.411 e. The Morgan fingerprint density at radius 3 is 2.79 bits per heavy atom. The zero-order valence-corrected chi connectivity index (χ0v) is 17.4. The van der Waals surface area contributed by atoms with Crippen LogP contribution in [0.15, 0.2) is 47.4 Å². The minimum absolute atomic E-state index is 0.273. The fourth-order valence-corrected chi connectivity index (χ4v) is 7.61.